The van der Waals surface area contributed by atoms with Crippen molar-refractivity contribution >= 4 is 15.9 Å². The van der Waals surface area contributed by atoms with E-state index in [4.69, 9.17) is 5.73 Å². The molecular weight excluding hydrogens is 314 g/mol. The highest BCUT2D eigenvalue weighted by molar-refractivity contribution is 9.10. The zero-order chi connectivity index (χ0) is 14.5. The molecule has 1 fully saturated rings. The molecule has 0 spiro atoms. The number of rotatable bonds is 5. The fourth-order valence-corrected chi connectivity index (χ4v) is 3.75. The van der Waals surface area contributed by atoms with Crippen molar-refractivity contribution in [3.05, 3.63) is 33.8 Å². The number of hydrogen-bond acceptors (Lipinski definition) is 3. The molecule has 1 aliphatic heterocycles. The van der Waals surface area contributed by atoms with Crippen LogP contribution < -0.4 is 5.73 Å². The molecule has 1 saturated heterocycles. The van der Waals surface area contributed by atoms with E-state index >= 15 is 0 Å². The Hall–Kier alpha value is -0.420. The minimum Gasteiger partial charge on any atom is -0.329 e. The lowest BCUT2D eigenvalue weighted by Gasteiger charge is -2.39. The lowest BCUT2D eigenvalue weighted by molar-refractivity contribution is 0.0983. The lowest BCUT2D eigenvalue weighted by Crippen LogP contribution is -2.49. The maximum absolute atomic E-state index is 6.06. The molecular formula is C16H26BrN3. The van der Waals surface area contributed by atoms with Crippen molar-refractivity contribution in [1.29, 1.82) is 0 Å². The molecule has 0 radical (unpaired) electrons. The van der Waals surface area contributed by atoms with Crippen LogP contribution in [0, 0.1) is 6.92 Å². The van der Waals surface area contributed by atoms with Crippen molar-refractivity contribution in [2.45, 2.75) is 26.3 Å². The van der Waals surface area contributed by atoms with Gasteiger partial charge < -0.3 is 10.6 Å². The molecule has 4 heteroatoms. The molecule has 1 heterocycles. The van der Waals surface area contributed by atoms with Gasteiger partial charge in [-0.05, 0) is 37.1 Å². The molecule has 1 aromatic carbocycles. The quantitative estimate of drug-likeness (QED) is 0.895. The van der Waals surface area contributed by atoms with Gasteiger partial charge in [-0.25, -0.2) is 0 Å². The molecule has 0 saturated carbocycles. The van der Waals surface area contributed by atoms with Crippen molar-refractivity contribution in [3.8, 4) is 0 Å². The number of nitrogens with zero attached hydrogens (tertiary/aromatic N) is 2. The summed E-state index contributed by atoms with van der Waals surface area (Å²) in [5, 5.41) is 0. The van der Waals surface area contributed by atoms with Gasteiger partial charge in [-0.15, -0.1) is 0 Å². The number of hydrogen-bond donors (Lipinski definition) is 1. The summed E-state index contributed by atoms with van der Waals surface area (Å²) in [6, 6.07) is 6.91. The first-order valence-corrected chi connectivity index (χ1v) is 8.37. The number of piperazine rings is 1. The average Bonchev–Trinajstić information content (AvgIpc) is 2.44. The van der Waals surface area contributed by atoms with Crippen LogP contribution in [0.5, 0.6) is 0 Å². The Labute approximate surface area is 131 Å². The highest BCUT2D eigenvalue weighted by atomic mass is 79.9. The van der Waals surface area contributed by atoms with Gasteiger partial charge in [0, 0.05) is 43.2 Å². The second-order valence-electron chi connectivity index (χ2n) is 5.65. The van der Waals surface area contributed by atoms with Crippen molar-refractivity contribution in [2.24, 2.45) is 5.73 Å². The van der Waals surface area contributed by atoms with Gasteiger partial charge in [-0.2, -0.15) is 0 Å². The summed E-state index contributed by atoms with van der Waals surface area (Å²) in [4.78, 5) is 5.08. The highest BCUT2D eigenvalue weighted by Gasteiger charge is 2.24. The number of aryl methyl sites for hydroxylation is 1. The molecule has 1 atom stereocenters. The molecule has 0 bridgehead atoms. The van der Waals surface area contributed by atoms with Gasteiger partial charge in [-0.3, -0.25) is 4.90 Å². The van der Waals surface area contributed by atoms with E-state index in [9.17, 15) is 0 Å². The van der Waals surface area contributed by atoms with Crippen LogP contribution in [0.4, 0.5) is 0 Å². The third-order valence-corrected chi connectivity index (χ3v) is 4.81. The van der Waals surface area contributed by atoms with E-state index in [1.54, 1.807) is 0 Å². The van der Waals surface area contributed by atoms with Crippen LogP contribution >= 0.6 is 15.9 Å². The Morgan fingerprint density at radius 1 is 1.25 bits per heavy atom. The third-order valence-electron chi connectivity index (χ3n) is 4.13. The van der Waals surface area contributed by atoms with Crippen LogP contribution in [0.2, 0.25) is 0 Å². The first-order chi connectivity index (χ1) is 9.65. The molecule has 1 unspecified atom stereocenters. The number of halogens is 1. The Morgan fingerprint density at radius 2 is 1.95 bits per heavy atom. The van der Waals surface area contributed by atoms with Gasteiger partial charge in [0.2, 0.25) is 0 Å². The molecule has 1 aromatic rings. The monoisotopic (exact) mass is 339 g/mol. The fourth-order valence-electron chi connectivity index (χ4n) is 2.99. The summed E-state index contributed by atoms with van der Waals surface area (Å²) in [6.07, 6.45) is 1.24. The standard InChI is InChI=1S/C16H26BrN3/c1-3-6-19-7-9-20(10-8-19)16(12-18)14-5-4-13(2)11-15(14)17/h4-5,11,16H,3,6-10,12,18H2,1-2H3. The van der Waals surface area contributed by atoms with Gasteiger partial charge in [0.15, 0.2) is 0 Å². The summed E-state index contributed by atoms with van der Waals surface area (Å²) in [6.45, 7) is 10.8. The molecule has 2 rings (SSSR count). The third kappa shape index (κ3) is 3.82. The Balaban J connectivity index is 2.05. The normalized spacial score (nSPS) is 19.2. The van der Waals surface area contributed by atoms with Crippen LogP contribution in [-0.2, 0) is 0 Å². The smallest absolute Gasteiger partial charge is 0.0482 e. The minimum atomic E-state index is 0.328. The van der Waals surface area contributed by atoms with Gasteiger partial charge in [0.05, 0.1) is 0 Å². The van der Waals surface area contributed by atoms with E-state index in [1.165, 1.54) is 28.6 Å². The first kappa shape index (κ1) is 16.0. The summed E-state index contributed by atoms with van der Waals surface area (Å²) < 4.78 is 1.18. The van der Waals surface area contributed by atoms with Crippen LogP contribution in [0.1, 0.15) is 30.5 Å². The van der Waals surface area contributed by atoms with Gasteiger partial charge in [0.25, 0.3) is 0 Å². The SMILES string of the molecule is CCCN1CCN(C(CN)c2ccc(C)cc2Br)CC1. The van der Waals surface area contributed by atoms with Crippen molar-refractivity contribution < 1.29 is 0 Å². The zero-order valence-corrected chi connectivity index (χ0v) is 14.2. The fraction of sp³-hybridized carbons (Fsp3) is 0.625. The second-order valence-corrected chi connectivity index (χ2v) is 6.51. The topological polar surface area (TPSA) is 32.5 Å². The van der Waals surface area contributed by atoms with Gasteiger partial charge in [-0.1, -0.05) is 35.0 Å². The Kier molecular flexibility index (Phi) is 6.02. The predicted octanol–water partition coefficient (Wildman–Crippen LogP) is 2.78. The minimum absolute atomic E-state index is 0.328. The van der Waals surface area contributed by atoms with Crippen LogP contribution in [-0.4, -0.2) is 49.1 Å². The predicted molar refractivity (Wildman–Crippen MR) is 89.0 cm³/mol. The molecule has 0 aliphatic carbocycles. The number of nitrogens with two attached hydrogens (primary N) is 1. The van der Waals surface area contributed by atoms with E-state index in [0.29, 0.717) is 12.6 Å². The highest BCUT2D eigenvalue weighted by Crippen LogP contribution is 2.29. The first-order valence-electron chi connectivity index (χ1n) is 7.58. The maximum Gasteiger partial charge on any atom is 0.0482 e. The Bertz CT molecular complexity index is 428. The molecule has 0 aromatic heterocycles. The van der Waals surface area contributed by atoms with Crippen LogP contribution in [0.25, 0.3) is 0 Å². The van der Waals surface area contributed by atoms with Crippen LogP contribution in [0.3, 0.4) is 0 Å². The van der Waals surface area contributed by atoms with Crippen molar-refractivity contribution in [1.82, 2.24) is 9.80 Å². The summed E-state index contributed by atoms with van der Waals surface area (Å²) >= 11 is 3.70. The van der Waals surface area contributed by atoms with E-state index in [0.717, 1.165) is 26.2 Å². The van der Waals surface area contributed by atoms with Crippen molar-refractivity contribution in [2.75, 3.05) is 39.3 Å². The van der Waals surface area contributed by atoms with E-state index in [2.05, 4.69) is 57.8 Å². The molecule has 0 amide bonds. The molecule has 3 nitrogen and oxygen atoms in total. The molecule has 112 valence electrons. The molecule has 2 N–H and O–H groups in total. The van der Waals surface area contributed by atoms with Crippen LogP contribution in [0.15, 0.2) is 22.7 Å². The summed E-state index contributed by atoms with van der Waals surface area (Å²) in [7, 11) is 0. The van der Waals surface area contributed by atoms with Gasteiger partial charge >= 0.3 is 0 Å². The van der Waals surface area contributed by atoms with E-state index in [1.807, 2.05) is 0 Å². The van der Waals surface area contributed by atoms with Gasteiger partial charge in [0.1, 0.15) is 0 Å². The lowest BCUT2D eigenvalue weighted by atomic mass is 10.0. The largest absolute Gasteiger partial charge is 0.329 e. The average molecular weight is 340 g/mol. The summed E-state index contributed by atoms with van der Waals surface area (Å²) in [5.41, 5.74) is 8.66. The van der Waals surface area contributed by atoms with E-state index in [-0.39, 0.29) is 0 Å². The summed E-state index contributed by atoms with van der Waals surface area (Å²) in [5.74, 6) is 0. The molecule has 1 aliphatic rings. The second kappa shape index (κ2) is 7.55. The number of benzene rings is 1. The Morgan fingerprint density at radius 3 is 2.50 bits per heavy atom. The maximum atomic E-state index is 6.06. The van der Waals surface area contributed by atoms with E-state index < -0.39 is 0 Å². The zero-order valence-electron chi connectivity index (χ0n) is 12.6. The molecule has 20 heavy (non-hydrogen) atoms. The van der Waals surface area contributed by atoms with Crippen molar-refractivity contribution in [3.63, 3.8) is 0 Å².